The van der Waals surface area contributed by atoms with Crippen LogP contribution in [0.15, 0.2) is 76.4 Å². The highest BCUT2D eigenvalue weighted by Crippen LogP contribution is 2.30. The molecule has 37 heavy (non-hydrogen) atoms. The van der Waals surface area contributed by atoms with Gasteiger partial charge in [0, 0.05) is 11.6 Å². The molecule has 3 aromatic carbocycles. The molecule has 1 atom stereocenters. The summed E-state index contributed by atoms with van der Waals surface area (Å²) in [6, 6.07) is 16.1. The molecule has 4 aromatic rings. The van der Waals surface area contributed by atoms with Gasteiger partial charge in [-0.25, -0.2) is 17.8 Å². The number of rotatable bonds is 8. The van der Waals surface area contributed by atoms with Gasteiger partial charge in [0.2, 0.25) is 10.0 Å². The molecule has 0 saturated carbocycles. The number of hydrogen-bond donors (Lipinski definition) is 0. The summed E-state index contributed by atoms with van der Waals surface area (Å²) in [5, 5.41) is 0.943. The normalized spacial score (nSPS) is 13.0. The third-order valence-electron chi connectivity index (χ3n) is 6.35. The number of aryl methyl sites for hydroxylation is 1. The topological polar surface area (TPSA) is 72.3 Å². The second-order valence-corrected chi connectivity index (χ2v) is 11.8. The Morgan fingerprint density at radius 1 is 1.03 bits per heavy atom. The first-order valence-electron chi connectivity index (χ1n) is 12.1. The Labute approximate surface area is 221 Å². The van der Waals surface area contributed by atoms with Crippen molar-refractivity contribution in [2.75, 3.05) is 6.54 Å². The van der Waals surface area contributed by atoms with Crippen molar-refractivity contribution in [1.82, 2.24) is 13.9 Å². The molecule has 0 aliphatic carbocycles. The lowest BCUT2D eigenvalue weighted by Crippen LogP contribution is -2.38. The Kier molecular flexibility index (Phi) is 7.83. The second kappa shape index (κ2) is 10.7. The predicted octanol–water partition coefficient (Wildman–Crippen LogP) is 6.28. The minimum Gasteiger partial charge on any atom is -0.268 e. The van der Waals surface area contributed by atoms with E-state index >= 15 is 0 Å². The van der Waals surface area contributed by atoms with E-state index in [9.17, 15) is 17.6 Å². The Morgan fingerprint density at radius 3 is 2.35 bits per heavy atom. The van der Waals surface area contributed by atoms with Gasteiger partial charge in [-0.05, 0) is 86.3 Å². The van der Waals surface area contributed by atoms with Crippen LogP contribution < -0.4 is 5.56 Å². The molecule has 0 N–H and O–H groups in total. The van der Waals surface area contributed by atoms with Gasteiger partial charge in [-0.15, -0.1) is 0 Å². The number of para-hydroxylation sites is 1. The van der Waals surface area contributed by atoms with Crippen molar-refractivity contribution in [3.8, 4) is 5.69 Å². The van der Waals surface area contributed by atoms with Gasteiger partial charge in [0.05, 0.1) is 27.5 Å². The third kappa shape index (κ3) is 5.46. The van der Waals surface area contributed by atoms with E-state index in [1.807, 2.05) is 20.8 Å². The van der Waals surface area contributed by atoms with Crippen LogP contribution in [0.25, 0.3) is 16.6 Å². The molecule has 0 amide bonds. The smallest absolute Gasteiger partial charge is 0.266 e. The summed E-state index contributed by atoms with van der Waals surface area (Å²) in [5.41, 5.74) is 1.48. The summed E-state index contributed by atoms with van der Waals surface area (Å²) in [7, 11) is -4.05. The van der Waals surface area contributed by atoms with Crippen LogP contribution in [0.3, 0.4) is 0 Å². The maximum Gasteiger partial charge on any atom is 0.266 e. The molecule has 0 radical (unpaired) electrons. The molecule has 1 unspecified atom stereocenters. The maximum atomic E-state index is 13.8. The van der Waals surface area contributed by atoms with Crippen LogP contribution in [0.4, 0.5) is 4.39 Å². The first-order chi connectivity index (χ1) is 17.5. The fourth-order valence-corrected chi connectivity index (χ4v) is 6.14. The van der Waals surface area contributed by atoms with Gasteiger partial charge in [0.15, 0.2) is 0 Å². The van der Waals surface area contributed by atoms with Crippen LogP contribution in [-0.2, 0) is 10.0 Å². The van der Waals surface area contributed by atoms with E-state index in [0.717, 1.165) is 17.7 Å². The van der Waals surface area contributed by atoms with Gasteiger partial charge in [-0.2, -0.15) is 4.31 Å². The maximum absolute atomic E-state index is 13.8. The molecule has 0 bridgehead atoms. The van der Waals surface area contributed by atoms with Crippen LogP contribution in [0.1, 0.15) is 44.6 Å². The summed E-state index contributed by atoms with van der Waals surface area (Å²) in [5.74, 6) is -0.0177. The van der Waals surface area contributed by atoms with Gasteiger partial charge in [0.25, 0.3) is 5.56 Å². The zero-order valence-electron chi connectivity index (χ0n) is 21.2. The highest BCUT2D eigenvalue weighted by Gasteiger charge is 2.33. The zero-order valence-corrected chi connectivity index (χ0v) is 22.7. The average molecular weight is 542 g/mol. The third-order valence-corrected chi connectivity index (χ3v) is 8.57. The number of halogens is 2. The van der Waals surface area contributed by atoms with E-state index in [2.05, 4.69) is 0 Å². The molecule has 0 saturated heterocycles. The minimum atomic E-state index is -4.05. The van der Waals surface area contributed by atoms with Crippen molar-refractivity contribution in [3.63, 3.8) is 0 Å². The average Bonchev–Trinajstić information content (AvgIpc) is 2.84. The lowest BCUT2D eigenvalue weighted by molar-refractivity contribution is 0.308. The molecule has 1 heterocycles. The van der Waals surface area contributed by atoms with Gasteiger partial charge in [0.1, 0.15) is 11.6 Å². The van der Waals surface area contributed by atoms with Crippen LogP contribution in [0.2, 0.25) is 5.02 Å². The van der Waals surface area contributed by atoms with Crippen LogP contribution >= 0.6 is 11.6 Å². The Hall–Kier alpha value is -3.07. The summed E-state index contributed by atoms with van der Waals surface area (Å²) < 4.78 is 44.1. The number of nitrogens with zero attached hydrogens (tertiary/aromatic N) is 3. The zero-order chi connectivity index (χ0) is 26.9. The van der Waals surface area contributed by atoms with Crippen molar-refractivity contribution in [3.05, 3.63) is 99.3 Å². The molecule has 6 nitrogen and oxygen atoms in total. The lowest BCUT2D eigenvalue weighted by atomic mass is 10.1. The van der Waals surface area contributed by atoms with Gasteiger partial charge < -0.3 is 0 Å². The molecule has 9 heteroatoms. The Morgan fingerprint density at radius 2 is 1.70 bits per heavy atom. The fraction of sp³-hybridized carbons (Fsp3) is 0.286. The van der Waals surface area contributed by atoms with Crippen molar-refractivity contribution in [2.24, 2.45) is 5.92 Å². The number of fused-ring (bicyclic) bond motifs is 1. The second-order valence-electron chi connectivity index (χ2n) is 9.49. The molecule has 0 aliphatic heterocycles. The molecule has 4 rings (SSSR count). The summed E-state index contributed by atoms with van der Waals surface area (Å²) in [4.78, 5) is 18.6. The summed E-state index contributed by atoms with van der Waals surface area (Å²) in [6.07, 6.45) is 0.586. The predicted molar refractivity (Wildman–Crippen MR) is 145 cm³/mol. The molecule has 0 fully saturated rings. The monoisotopic (exact) mass is 541 g/mol. The standard InChI is InChI=1S/C28H29ClFN3O3S/c1-18(2)15-16-32(37(35,36)23-12-10-22(30)11-13-23)20(4)27-31-25-8-6-5-7-24(25)28(34)33(27)26-14-9-21(29)17-19(26)3/h5-14,17-18,20H,15-16H2,1-4H3. The van der Waals surface area contributed by atoms with Crippen LogP contribution in [-0.4, -0.2) is 28.8 Å². The van der Waals surface area contributed by atoms with Crippen molar-refractivity contribution in [2.45, 2.75) is 45.1 Å². The van der Waals surface area contributed by atoms with E-state index in [0.29, 0.717) is 28.0 Å². The lowest BCUT2D eigenvalue weighted by Gasteiger charge is -2.30. The van der Waals surface area contributed by atoms with Crippen molar-refractivity contribution in [1.29, 1.82) is 0 Å². The van der Waals surface area contributed by atoms with E-state index in [-0.39, 0.29) is 28.7 Å². The highest BCUT2D eigenvalue weighted by molar-refractivity contribution is 7.89. The van der Waals surface area contributed by atoms with Gasteiger partial charge in [-0.3, -0.25) is 9.36 Å². The molecule has 0 aliphatic rings. The van der Waals surface area contributed by atoms with E-state index in [1.165, 1.54) is 21.0 Å². The van der Waals surface area contributed by atoms with Gasteiger partial charge >= 0.3 is 0 Å². The quantitative estimate of drug-likeness (QED) is 0.263. The molecule has 1 aromatic heterocycles. The number of sulfonamides is 1. The van der Waals surface area contributed by atoms with E-state index in [1.54, 1.807) is 49.4 Å². The number of hydrogen-bond acceptors (Lipinski definition) is 4. The SMILES string of the molecule is Cc1cc(Cl)ccc1-n1c(C(C)N(CCC(C)C)S(=O)(=O)c2ccc(F)cc2)nc2ccccc2c1=O. The first kappa shape index (κ1) is 27.0. The fourth-order valence-electron chi connectivity index (χ4n) is 4.31. The summed E-state index contributed by atoms with van der Waals surface area (Å²) >= 11 is 6.18. The number of benzene rings is 3. The molecule has 194 valence electrons. The van der Waals surface area contributed by atoms with E-state index < -0.39 is 21.9 Å². The summed E-state index contributed by atoms with van der Waals surface area (Å²) in [6.45, 7) is 7.77. The molecular weight excluding hydrogens is 513 g/mol. The highest BCUT2D eigenvalue weighted by atomic mass is 35.5. The Bertz CT molecular complexity index is 1600. The largest absolute Gasteiger partial charge is 0.268 e. The molecular formula is C28H29ClFN3O3S. The van der Waals surface area contributed by atoms with E-state index in [4.69, 9.17) is 16.6 Å². The minimum absolute atomic E-state index is 0.0261. The van der Waals surface area contributed by atoms with Gasteiger partial charge in [-0.1, -0.05) is 37.6 Å². The van der Waals surface area contributed by atoms with Crippen LogP contribution in [0.5, 0.6) is 0 Å². The van der Waals surface area contributed by atoms with Crippen molar-refractivity contribution < 1.29 is 12.8 Å². The van der Waals surface area contributed by atoms with Crippen LogP contribution in [0, 0.1) is 18.7 Å². The Balaban J connectivity index is 1.97. The number of aromatic nitrogens is 2. The molecule has 0 spiro atoms. The van der Waals surface area contributed by atoms with Crippen molar-refractivity contribution >= 4 is 32.5 Å². The first-order valence-corrected chi connectivity index (χ1v) is 13.9.